The number of hydrogen-bond acceptors (Lipinski definition) is 4. The van der Waals surface area contributed by atoms with E-state index in [4.69, 9.17) is 4.74 Å². The Labute approximate surface area is 207 Å². The first-order chi connectivity index (χ1) is 16.8. The van der Waals surface area contributed by atoms with Crippen molar-refractivity contribution in [1.82, 2.24) is 10.6 Å². The number of fused-ring (bicyclic) bond motifs is 3. The standard InChI is InChI=1S/C28H36N2O5/c1-4-18(3)14-25(27(32)33)30-26(31)15-19(5-2)16-29-28(34)35-17-24-22-12-8-6-10-20(22)21-11-7-9-13-23(21)24/h6-13,18-19,24-25H,4-5,14-17H2,1-3H3,(H,29,34)(H,30,31)(H,32,33). The van der Waals surface area contributed by atoms with Gasteiger partial charge < -0.3 is 20.5 Å². The van der Waals surface area contributed by atoms with Gasteiger partial charge in [-0.2, -0.15) is 0 Å². The third-order valence-electron chi connectivity index (χ3n) is 6.90. The monoisotopic (exact) mass is 480 g/mol. The molecule has 0 heterocycles. The van der Waals surface area contributed by atoms with Crippen LogP contribution in [0, 0.1) is 11.8 Å². The van der Waals surface area contributed by atoms with Crippen LogP contribution in [0.25, 0.3) is 11.1 Å². The molecule has 0 fully saturated rings. The summed E-state index contributed by atoms with van der Waals surface area (Å²) in [7, 11) is 0. The molecule has 3 unspecified atom stereocenters. The molecule has 7 nitrogen and oxygen atoms in total. The van der Waals surface area contributed by atoms with Gasteiger partial charge in [-0.25, -0.2) is 9.59 Å². The Hall–Kier alpha value is -3.35. The third-order valence-corrected chi connectivity index (χ3v) is 6.90. The highest BCUT2D eigenvalue weighted by molar-refractivity contribution is 5.83. The number of nitrogens with one attached hydrogen (secondary N) is 2. The molecule has 2 amide bonds. The summed E-state index contributed by atoms with van der Waals surface area (Å²) in [5, 5.41) is 14.8. The molecule has 0 aliphatic heterocycles. The fourth-order valence-corrected chi connectivity index (χ4v) is 4.54. The second kappa shape index (κ2) is 12.4. The smallest absolute Gasteiger partial charge is 0.407 e. The average Bonchev–Trinajstić information content (AvgIpc) is 3.18. The van der Waals surface area contributed by atoms with Crippen molar-refractivity contribution in [2.45, 2.75) is 58.4 Å². The molecule has 188 valence electrons. The van der Waals surface area contributed by atoms with Crippen LogP contribution in [-0.4, -0.2) is 42.3 Å². The normalized spacial score (nSPS) is 14.8. The van der Waals surface area contributed by atoms with Crippen LogP contribution in [0.2, 0.25) is 0 Å². The van der Waals surface area contributed by atoms with Crippen molar-refractivity contribution in [2.75, 3.05) is 13.2 Å². The fourth-order valence-electron chi connectivity index (χ4n) is 4.54. The van der Waals surface area contributed by atoms with Crippen LogP contribution < -0.4 is 10.6 Å². The number of carboxylic acid groups (broad SMARTS) is 1. The molecule has 2 aromatic carbocycles. The lowest BCUT2D eigenvalue weighted by molar-refractivity contribution is -0.142. The maximum absolute atomic E-state index is 12.5. The van der Waals surface area contributed by atoms with Crippen LogP contribution in [0.15, 0.2) is 48.5 Å². The highest BCUT2D eigenvalue weighted by atomic mass is 16.5. The summed E-state index contributed by atoms with van der Waals surface area (Å²) in [6, 6.07) is 15.4. The summed E-state index contributed by atoms with van der Waals surface area (Å²) in [6.07, 6.45) is 1.53. The SMILES string of the molecule is CCC(C)CC(NC(=O)CC(CC)CNC(=O)OCC1c2ccccc2-c2ccccc21)C(=O)O. The second-order valence-corrected chi connectivity index (χ2v) is 9.39. The summed E-state index contributed by atoms with van der Waals surface area (Å²) in [5.74, 6) is -1.27. The van der Waals surface area contributed by atoms with Gasteiger partial charge in [0.2, 0.25) is 5.91 Å². The number of carbonyl (C=O) groups excluding carboxylic acids is 2. The Morgan fingerprint density at radius 3 is 2.11 bits per heavy atom. The summed E-state index contributed by atoms with van der Waals surface area (Å²) < 4.78 is 5.56. The van der Waals surface area contributed by atoms with E-state index in [2.05, 4.69) is 34.9 Å². The number of alkyl carbamates (subject to hydrolysis) is 1. The molecule has 3 N–H and O–H groups in total. The van der Waals surface area contributed by atoms with Crippen LogP contribution in [0.4, 0.5) is 4.79 Å². The lowest BCUT2D eigenvalue weighted by Gasteiger charge is -2.20. The number of benzene rings is 2. The first kappa shape index (κ1) is 26.3. The predicted molar refractivity (Wildman–Crippen MR) is 135 cm³/mol. The highest BCUT2D eigenvalue weighted by Crippen LogP contribution is 2.44. The number of rotatable bonds is 12. The van der Waals surface area contributed by atoms with Gasteiger partial charge in [0, 0.05) is 18.9 Å². The van der Waals surface area contributed by atoms with E-state index in [-0.39, 0.29) is 43.2 Å². The van der Waals surface area contributed by atoms with E-state index in [1.54, 1.807) is 0 Å². The van der Waals surface area contributed by atoms with E-state index in [0.29, 0.717) is 12.8 Å². The Bertz CT molecular complexity index is 992. The van der Waals surface area contributed by atoms with E-state index < -0.39 is 18.1 Å². The topological polar surface area (TPSA) is 105 Å². The number of carbonyl (C=O) groups is 3. The Morgan fingerprint density at radius 1 is 0.971 bits per heavy atom. The molecule has 0 spiro atoms. The zero-order valence-electron chi connectivity index (χ0n) is 20.8. The van der Waals surface area contributed by atoms with Crippen LogP contribution in [0.1, 0.15) is 63.5 Å². The molecule has 0 saturated heterocycles. The van der Waals surface area contributed by atoms with Gasteiger partial charge in [0.15, 0.2) is 0 Å². The molecule has 0 aromatic heterocycles. The minimum absolute atomic E-state index is 0.0145. The Balaban J connectivity index is 1.49. The van der Waals surface area contributed by atoms with Gasteiger partial charge in [-0.3, -0.25) is 4.79 Å². The minimum atomic E-state index is -1.02. The molecule has 1 aliphatic carbocycles. The van der Waals surface area contributed by atoms with Crippen molar-refractivity contribution < 1.29 is 24.2 Å². The molecule has 7 heteroatoms. The minimum Gasteiger partial charge on any atom is -0.480 e. The number of amides is 2. The summed E-state index contributed by atoms with van der Waals surface area (Å²) in [6.45, 7) is 6.41. The van der Waals surface area contributed by atoms with Crippen molar-refractivity contribution in [3.05, 3.63) is 59.7 Å². The molecule has 3 atom stereocenters. The zero-order valence-corrected chi connectivity index (χ0v) is 20.8. The van der Waals surface area contributed by atoms with Crippen LogP contribution in [0.5, 0.6) is 0 Å². The second-order valence-electron chi connectivity index (χ2n) is 9.39. The Kier molecular flexibility index (Phi) is 9.29. The number of hydrogen-bond donors (Lipinski definition) is 3. The van der Waals surface area contributed by atoms with E-state index in [9.17, 15) is 19.5 Å². The molecule has 1 aliphatic rings. The van der Waals surface area contributed by atoms with Gasteiger partial charge in [-0.05, 0) is 40.5 Å². The van der Waals surface area contributed by atoms with Crippen LogP contribution in [0.3, 0.4) is 0 Å². The first-order valence-corrected chi connectivity index (χ1v) is 12.4. The quantitative estimate of drug-likeness (QED) is 0.399. The lowest BCUT2D eigenvalue weighted by atomic mass is 9.98. The Morgan fingerprint density at radius 2 is 1.57 bits per heavy atom. The highest BCUT2D eigenvalue weighted by Gasteiger charge is 2.29. The van der Waals surface area contributed by atoms with Crippen LogP contribution >= 0.6 is 0 Å². The van der Waals surface area contributed by atoms with Crippen molar-refractivity contribution in [3.8, 4) is 11.1 Å². The van der Waals surface area contributed by atoms with Gasteiger partial charge in [0.1, 0.15) is 12.6 Å². The van der Waals surface area contributed by atoms with Crippen molar-refractivity contribution in [1.29, 1.82) is 0 Å². The first-order valence-electron chi connectivity index (χ1n) is 12.4. The van der Waals surface area contributed by atoms with Gasteiger partial charge in [-0.1, -0.05) is 82.1 Å². The third kappa shape index (κ3) is 6.84. The largest absolute Gasteiger partial charge is 0.480 e. The molecule has 0 saturated carbocycles. The average molecular weight is 481 g/mol. The van der Waals surface area contributed by atoms with Gasteiger partial charge in [-0.15, -0.1) is 0 Å². The summed E-state index contributed by atoms with van der Waals surface area (Å²) in [4.78, 5) is 36.4. The molecular weight excluding hydrogens is 444 g/mol. The van der Waals surface area contributed by atoms with Crippen LogP contribution in [-0.2, 0) is 14.3 Å². The molecule has 3 rings (SSSR count). The van der Waals surface area contributed by atoms with Gasteiger partial charge in [0.25, 0.3) is 0 Å². The molecular formula is C28H36N2O5. The van der Waals surface area contributed by atoms with Crippen molar-refractivity contribution >= 4 is 18.0 Å². The summed E-state index contributed by atoms with van der Waals surface area (Å²) >= 11 is 0. The predicted octanol–water partition coefficient (Wildman–Crippen LogP) is 4.95. The van der Waals surface area contributed by atoms with E-state index in [0.717, 1.165) is 17.5 Å². The van der Waals surface area contributed by atoms with E-state index >= 15 is 0 Å². The van der Waals surface area contributed by atoms with Gasteiger partial charge >= 0.3 is 12.1 Å². The van der Waals surface area contributed by atoms with Crippen molar-refractivity contribution in [3.63, 3.8) is 0 Å². The lowest BCUT2D eigenvalue weighted by Crippen LogP contribution is -2.43. The number of carboxylic acids is 1. The van der Waals surface area contributed by atoms with E-state index in [1.165, 1.54) is 11.1 Å². The maximum atomic E-state index is 12.5. The molecule has 0 bridgehead atoms. The molecule has 0 radical (unpaired) electrons. The number of ether oxygens (including phenoxy) is 1. The number of aliphatic carboxylic acids is 1. The summed E-state index contributed by atoms with van der Waals surface area (Å²) in [5.41, 5.74) is 4.63. The van der Waals surface area contributed by atoms with E-state index in [1.807, 2.05) is 45.0 Å². The fraction of sp³-hybridized carbons (Fsp3) is 0.464. The van der Waals surface area contributed by atoms with Gasteiger partial charge in [0.05, 0.1) is 0 Å². The van der Waals surface area contributed by atoms with Crippen molar-refractivity contribution in [2.24, 2.45) is 11.8 Å². The molecule has 35 heavy (non-hydrogen) atoms. The molecule has 2 aromatic rings. The zero-order chi connectivity index (χ0) is 25.4. The maximum Gasteiger partial charge on any atom is 0.407 e.